The van der Waals surface area contributed by atoms with Gasteiger partial charge in [-0.05, 0) is 38.2 Å². The van der Waals surface area contributed by atoms with Crippen LogP contribution in [0.15, 0.2) is 18.2 Å². The Morgan fingerprint density at radius 1 is 1.15 bits per heavy atom. The second-order valence-electron chi connectivity index (χ2n) is 6.00. The van der Waals surface area contributed by atoms with Crippen molar-refractivity contribution in [1.82, 2.24) is 10.2 Å². The number of para-hydroxylation sites is 1. The molecule has 0 radical (unpaired) electrons. The Bertz CT molecular complexity index is 405. The van der Waals surface area contributed by atoms with Crippen LogP contribution in [0, 0.1) is 11.7 Å². The molecular formula is C16H28FN3. The molecule has 0 aliphatic carbocycles. The van der Waals surface area contributed by atoms with Crippen LogP contribution in [0.25, 0.3) is 0 Å². The topological polar surface area (TPSA) is 18.5 Å². The number of halogens is 1. The Kier molecular flexibility index (Phi) is 6.96. The van der Waals surface area contributed by atoms with Crippen LogP contribution in [-0.4, -0.2) is 45.7 Å². The van der Waals surface area contributed by atoms with Crippen LogP contribution in [0.3, 0.4) is 0 Å². The second-order valence-corrected chi connectivity index (χ2v) is 6.00. The fraction of sp³-hybridized carbons (Fsp3) is 0.625. The molecular weight excluding hydrogens is 253 g/mol. The summed E-state index contributed by atoms with van der Waals surface area (Å²) >= 11 is 0. The van der Waals surface area contributed by atoms with Crippen LogP contribution < -0.4 is 10.2 Å². The molecule has 20 heavy (non-hydrogen) atoms. The number of nitrogens with zero attached hydrogens (tertiary/aromatic N) is 2. The molecule has 4 heteroatoms. The predicted molar refractivity (Wildman–Crippen MR) is 84.8 cm³/mol. The number of benzene rings is 1. The molecule has 0 saturated heterocycles. The molecule has 3 nitrogen and oxygen atoms in total. The van der Waals surface area contributed by atoms with Crippen LogP contribution in [0.5, 0.6) is 0 Å². The summed E-state index contributed by atoms with van der Waals surface area (Å²) in [5, 5.41) is 3.38. The van der Waals surface area contributed by atoms with Gasteiger partial charge in [0.1, 0.15) is 5.82 Å². The van der Waals surface area contributed by atoms with Crippen molar-refractivity contribution in [3.8, 4) is 0 Å². The van der Waals surface area contributed by atoms with Gasteiger partial charge in [-0.2, -0.15) is 0 Å². The third-order valence-electron chi connectivity index (χ3n) is 3.20. The van der Waals surface area contributed by atoms with Crippen molar-refractivity contribution in [2.45, 2.75) is 20.4 Å². The maximum atomic E-state index is 14.1. The highest BCUT2D eigenvalue weighted by Gasteiger charge is 2.13. The zero-order valence-corrected chi connectivity index (χ0v) is 13.4. The average molecular weight is 281 g/mol. The molecule has 1 aromatic carbocycles. The summed E-state index contributed by atoms with van der Waals surface area (Å²) in [5.74, 6) is 0.452. The highest BCUT2D eigenvalue weighted by molar-refractivity contribution is 5.54. The number of anilines is 1. The Balaban J connectivity index is 2.76. The molecule has 0 saturated carbocycles. The number of rotatable bonds is 8. The minimum atomic E-state index is -0.143. The van der Waals surface area contributed by atoms with E-state index >= 15 is 0 Å². The van der Waals surface area contributed by atoms with Crippen molar-refractivity contribution >= 4 is 5.69 Å². The highest BCUT2D eigenvalue weighted by Crippen LogP contribution is 2.23. The maximum absolute atomic E-state index is 14.1. The summed E-state index contributed by atoms with van der Waals surface area (Å²) in [5.41, 5.74) is 1.73. The van der Waals surface area contributed by atoms with Gasteiger partial charge in [0.25, 0.3) is 0 Å². The Labute approximate surface area is 122 Å². The zero-order chi connectivity index (χ0) is 15.1. The smallest absolute Gasteiger partial charge is 0.146 e. The van der Waals surface area contributed by atoms with Crippen molar-refractivity contribution in [2.75, 3.05) is 45.7 Å². The van der Waals surface area contributed by atoms with Gasteiger partial charge in [-0.15, -0.1) is 0 Å². The van der Waals surface area contributed by atoms with Crippen molar-refractivity contribution in [3.05, 3.63) is 29.6 Å². The molecule has 114 valence electrons. The van der Waals surface area contributed by atoms with Gasteiger partial charge in [0.15, 0.2) is 0 Å². The Hall–Kier alpha value is -1.13. The molecule has 0 unspecified atom stereocenters. The van der Waals surface area contributed by atoms with Crippen LogP contribution in [-0.2, 0) is 6.54 Å². The molecule has 0 aromatic heterocycles. The molecule has 0 aliphatic heterocycles. The van der Waals surface area contributed by atoms with E-state index < -0.39 is 0 Å². The van der Waals surface area contributed by atoms with Crippen molar-refractivity contribution < 1.29 is 4.39 Å². The third-order valence-corrected chi connectivity index (χ3v) is 3.20. The first-order chi connectivity index (χ1) is 9.41. The molecule has 0 fully saturated rings. The van der Waals surface area contributed by atoms with Crippen LogP contribution >= 0.6 is 0 Å². The van der Waals surface area contributed by atoms with Gasteiger partial charge >= 0.3 is 0 Å². The first kappa shape index (κ1) is 16.9. The van der Waals surface area contributed by atoms with Gasteiger partial charge in [0.2, 0.25) is 0 Å². The quantitative estimate of drug-likeness (QED) is 0.790. The second kappa shape index (κ2) is 8.22. The van der Waals surface area contributed by atoms with Gasteiger partial charge < -0.3 is 15.1 Å². The van der Waals surface area contributed by atoms with Gasteiger partial charge in [0.05, 0.1) is 5.69 Å². The van der Waals surface area contributed by atoms with Crippen LogP contribution in [0.4, 0.5) is 10.1 Å². The molecule has 0 atom stereocenters. The lowest BCUT2D eigenvalue weighted by Gasteiger charge is -2.25. The van der Waals surface area contributed by atoms with E-state index in [2.05, 4.69) is 24.1 Å². The molecule has 0 aliphatic rings. The predicted octanol–water partition coefficient (Wildman–Crippen LogP) is 2.57. The van der Waals surface area contributed by atoms with E-state index in [9.17, 15) is 4.39 Å². The molecule has 1 rings (SSSR count). The lowest BCUT2D eigenvalue weighted by molar-refractivity contribution is 0.415. The number of nitrogens with one attached hydrogen (secondary N) is 1. The molecule has 0 amide bonds. The van der Waals surface area contributed by atoms with E-state index in [1.54, 1.807) is 6.07 Å². The fourth-order valence-electron chi connectivity index (χ4n) is 2.09. The van der Waals surface area contributed by atoms with E-state index in [0.717, 1.165) is 25.2 Å². The first-order valence-electron chi connectivity index (χ1n) is 7.25. The zero-order valence-electron chi connectivity index (χ0n) is 13.4. The van der Waals surface area contributed by atoms with Gasteiger partial charge in [0, 0.05) is 26.7 Å². The van der Waals surface area contributed by atoms with Crippen molar-refractivity contribution in [2.24, 2.45) is 5.92 Å². The van der Waals surface area contributed by atoms with E-state index in [4.69, 9.17) is 0 Å². The minimum Gasteiger partial charge on any atom is -0.371 e. The SMILES string of the molecule is CC(C)CNCc1cccc(F)c1N(C)CCN(C)C. The summed E-state index contributed by atoms with van der Waals surface area (Å²) in [6, 6.07) is 5.32. The van der Waals surface area contributed by atoms with Gasteiger partial charge in [-0.25, -0.2) is 4.39 Å². The first-order valence-corrected chi connectivity index (χ1v) is 7.25. The van der Waals surface area contributed by atoms with E-state index in [0.29, 0.717) is 18.2 Å². The maximum Gasteiger partial charge on any atom is 0.146 e. The lowest BCUT2D eigenvalue weighted by atomic mass is 10.1. The Morgan fingerprint density at radius 3 is 2.45 bits per heavy atom. The molecule has 0 spiro atoms. The largest absolute Gasteiger partial charge is 0.371 e. The van der Waals surface area contributed by atoms with E-state index in [-0.39, 0.29) is 5.82 Å². The normalized spacial score (nSPS) is 11.4. The standard InChI is InChI=1S/C16H28FN3/c1-13(2)11-18-12-14-7-6-8-15(17)16(14)20(5)10-9-19(3)4/h6-8,13,18H,9-12H2,1-5H3. The van der Waals surface area contributed by atoms with Crippen molar-refractivity contribution in [3.63, 3.8) is 0 Å². The summed E-state index contributed by atoms with van der Waals surface area (Å²) in [7, 11) is 6.01. The van der Waals surface area contributed by atoms with E-state index in [1.165, 1.54) is 6.07 Å². The van der Waals surface area contributed by atoms with Gasteiger partial charge in [-0.1, -0.05) is 26.0 Å². The van der Waals surface area contributed by atoms with Gasteiger partial charge in [-0.3, -0.25) is 0 Å². The van der Waals surface area contributed by atoms with Crippen molar-refractivity contribution in [1.29, 1.82) is 0 Å². The monoisotopic (exact) mass is 281 g/mol. The number of hydrogen-bond acceptors (Lipinski definition) is 3. The summed E-state index contributed by atoms with van der Waals surface area (Å²) < 4.78 is 14.1. The number of hydrogen-bond donors (Lipinski definition) is 1. The fourth-order valence-corrected chi connectivity index (χ4v) is 2.09. The lowest BCUT2D eigenvalue weighted by Crippen LogP contribution is -2.30. The molecule has 0 heterocycles. The molecule has 1 aromatic rings. The molecule has 0 bridgehead atoms. The number of likely N-dealkylation sites (N-methyl/N-ethyl adjacent to an activating group) is 2. The highest BCUT2D eigenvalue weighted by atomic mass is 19.1. The van der Waals surface area contributed by atoms with Crippen LogP contribution in [0.1, 0.15) is 19.4 Å². The Morgan fingerprint density at radius 2 is 1.85 bits per heavy atom. The minimum absolute atomic E-state index is 0.143. The van der Waals surface area contributed by atoms with Crippen LogP contribution in [0.2, 0.25) is 0 Å². The third kappa shape index (κ3) is 5.47. The summed E-state index contributed by atoms with van der Waals surface area (Å²) in [6.45, 7) is 7.70. The average Bonchev–Trinajstić information content (AvgIpc) is 2.35. The molecule has 1 N–H and O–H groups in total. The summed E-state index contributed by atoms with van der Waals surface area (Å²) in [4.78, 5) is 4.11. The van der Waals surface area contributed by atoms with E-state index in [1.807, 2.05) is 32.1 Å². The summed E-state index contributed by atoms with van der Waals surface area (Å²) in [6.07, 6.45) is 0.